The molecule has 0 aliphatic rings. The zero-order chi connectivity index (χ0) is 16.8. The molecule has 122 valence electrons. The molecule has 1 aromatic heterocycles. The second-order valence-electron chi connectivity index (χ2n) is 5.50. The second-order valence-corrected chi connectivity index (χ2v) is 5.50. The summed E-state index contributed by atoms with van der Waals surface area (Å²) in [5.74, 6) is 1.38. The van der Waals surface area contributed by atoms with E-state index >= 15 is 0 Å². The van der Waals surface area contributed by atoms with Crippen LogP contribution < -0.4 is 15.0 Å². The quantitative estimate of drug-likeness (QED) is 0.879. The van der Waals surface area contributed by atoms with E-state index in [9.17, 15) is 4.79 Å². The van der Waals surface area contributed by atoms with E-state index < -0.39 is 0 Å². The average molecular weight is 314 g/mol. The molecule has 0 spiro atoms. The Kier molecular flexibility index (Phi) is 5.51. The first-order chi connectivity index (χ1) is 11.0. The second kappa shape index (κ2) is 7.58. The van der Waals surface area contributed by atoms with Gasteiger partial charge < -0.3 is 15.0 Å². The Morgan fingerprint density at radius 3 is 2.52 bits per heavy atom. The molecule has 0 bridgehead atoms. The summed E-state index contributed by atoms with van der Waals surface area (Å²) in [6.45, 7) is 2.30. The third kappa shape index (κ3) is 4.95. The molecule has 0 fully saturated rings. The highest BCUT2D eigenvalue weighted by Crippen LogP contribution is 2.12. The van der Waals surface area contributed by atoms with Crippen molar-refractivity contribution in [2.45, 2.75) is 19.9 Å². The average Bonchev–Trinajstić information content (AvgIpc) is 2.53. The van der Waals surface area contributed by atoms with Crippen LogP contribution in [0.4, 0.5) is 5.95 Å². The maximum Gasteiger partial charge on any atom is 0.225 e. The molecule has 1 N–H and O–H groups in total. The van der Waals surface area contributed by atoms with Gasteiger partial charge in [0.1, 0.15) is 5.75 Å². The van der Waals surface area contributed by atoms with Crippen LogP contribution in [0.2, 0.25) is 0 Å². The van der Waals surface area contributed by atoms with E-state index in [-0.39, 0.29) is 5.91 Å². The van der Waals surface area contributed by atoms with Crippen molar-refractivity contribution >= 4 is 11.9 Å². The van der Waals surface area contributed by atoms with Crippen molar-refractivity contribution in [3.63, 3.8) is 0 Å². The minimum absolute atomic E-state index is 0.0437. The Bertz CT molecular complexity index is 669. The van der Waals surface area contributed by atoms with Crippen LogP contribution in [0, 0.1) is 6.92 Å². The number of ether oxygens (including phenoxy) is 1. The predicted molar refractivity (Wildman–Crippen MR) is 89.6 cm³/mol. The van der Waals surface area contributed by atoms with E-state index in [1.807, 2.05) is 56.3 Å². The van der Waals surface area contributed by atoms with Crippen LogP contribution in [0.5, 0.6) is 5.75 Å². The Morgan fingerprint density at radius 2 is 1.91 bits per heavy atom. The summed E-state index contributed by atoms with van der Waals surface area (Å²) in [5.41, 5.74) is 2.61. The van der Waals surface area contributed by atoms with Gasteiger partial charge in [-0.2, -0.15) is 0 Å². The fourth-order valence-corrected chi connectivity index (χ4v) is 2.09. The maximum absolute atomic E-state index is 12.0. The molecule has 0 saturated heterocycles. The molecular formula is C17H22N4O2. The summed E-state index contributed by atoms with van der Waals surface area (Å²) in [5, 5.41) is 2.89. The highest BCUT2D eigenvalue weighted by molar-refractivity contribution is 5.78. The van der Waals surface area contributed by atoms with Gasteiger partial charge in [-0.15, -0.1) is 0 Å². The lowest BCUT2D eigenvalue weighted by atomic mass is 10.1. The van der Waals surface area contributed by atoms with Gasteiger partial charge in [-0.1, -0.05) is 12.1 Å². The van der Waals surface area contributed by atoms with E-state index in [1.54, 1.807) is 7.11 Å². The van der Waals surface area contributed by atoms with E-state index in [2.05, 4.69) is 15.3 Å². The number of benzene rings is 1. The molecule has 0 aliphatic carbocycles. The van der Waals surface area contributed by atoms with Crippen molar-refractivity contribution in [1.29, 1.82) is 0 Å². The smallest absolute Gasteiger partial charge is 0.225 e. The molecule has 23 heavy (non-hydrogen) atoms. The number of amides is 1. The lowest BCUT2D eigenvalue weighted by Gasteiger charge is -2.12. The van der Waals surface area contributed by atoms with Gasteiger partial charge in [-0.3, -0.25) is 4.79 Å². The highest BCUT2D eigenvalue weighted by Gasteiger charge is 2.07. The van der Waals surface area contributed by atoms with Crippen LogP contribution in [0.15, 0.2) is 30.3 Å². The Morgan fingerprint density at radius 1 is 1.22 bits per heavy atom. The van der Waals surface area contributed by atoms with Crippen LogP contribution in [0.1, 0.15) is 17.0 Å². The summed E-state index contributed by atoms with van der Waals surface area (Å²) in [6, 6.07) is 9.34. The van der Waals surface area contributed by atoms with Crippen LogP contribution in [0.3, 0.4) is 0 Å². The third-order valence-corrected chi connectivity index (χ3v) is 3.29. The summed E-state index contributed by atoms with van der Waals surface area (Å²) in [7, 11) is 5.40. The number of nitrogens with one attached hydrogen (secondary N) is 1. The number of carbonyl (C=O) groups is 1. The third-order valence-electron chi connectivity index (χ3n) is 3.29. The minimum Gasteiger partial charge on any atom is -0.497 e. The summed E-state index contributed by atoms with van der Waals surface area (Å²) in [4.78, 5) is 22.6. The van der Waals surface area contributed by atoms with Gasteiger partial charge >= 0.3 is 0 Å². The predicted octanol–water partition coefficient (Wildman–Crippen LogP) is 1.72. The largest absolute Gasteiger partial charge is 0.497 e. The van der Waals surface area contributed by atoms with Gasteiger partial charge in [-0.25, -0.2) is 9.97 Å². The topological polar surface area (TPSA) is 67.3 Å². The number of hydrogen-bond acceptors (Lipinski definition) is 5. The molecule has 0 radical (unpaired) electrons. The summed E-state index contributed by atoms with van der Waals surface area (Å²) < 4.78 is 5.10. The monoisotopic (exact) mass is 314 g/mol. The normalized spacial score (nSPS) is 10.3. The molecule has 0 atom stereocenters. The molecule has 1 heterocycles. The first-order valence-corrected chi connectivity index (χ1v) is 7.39. The molecule has 0 saturated carbocycles. The molecule has 6 nitrogen and oxygen atoms in total. The zero-order valence-electron chi connectivity index (χ0n) is 14.0. The molecule has 1 amide bonds. The van der Waals surface area contributed by atoms with Crippen LogP contribution in [-0.2, 0) is 17.8 Å². The molecule has 0 unspecified atom stereocenters. The highest BCUT2D eigenvalue weighted by atomic mass is 16.5. The number of anilines is 1. The number of aryl methyl sites for hydroxylation is 1. The van der Waals surface area contributed by atoms with Crippen molar-refractivity contribution in [3.05, 3.63) is 47.3 Å². The van der Waals surface area contributed by atoms with Gasteiger partial charge in [0.15, 0.2) is 0 Å². The van der Waals surface area contributed by atoms with Gasteiger partial charge in [0.2, 0.25) is 11.9 Å². The van der Waals surface area contributed by atoms with Crippen molar-refractivity contribution < 1.29 is 9.53 Å². The number of rotatable bonds is 6. The van der Waals surface area contributed by atoms with E-state index in [0.717, 1.165) is 22.7 Å². The van der Waals surface area contributed by atoms with E-state index in [4.69, 9.17) is 4.74 Å². The molecule has 2 aromatic rings. The molecular weight excluding hydrogens is 292 g/mol. The number of carbonyl (C=O) groups excluding carboxylic acids is 1. The maximum atomic E-state index is 12.0. The van der Waals surface area contributed by atoms with Crippen LogP contribution in [0.25, 0.3) is 0 Å². The summed E-state index contributed by atoms with van der Waals surface area (Å²) >= 11 is 0. The number of aromatic nitrogens is 2. The number of methoxy groups -OCH3 is 1. The standard InChI is InChI=1S/C17H22N4O2/c1-12-9-14(20-17(19-12)21(2)3)11-18-16(22)10-13-5-7-15(23-4)8-6-13/h5-9H,10-11H2,1-4H3,(H,18,22). The Hall–Kier alpha value is -2.63. The van der Waals surface area contributed by atoms with Crippen LogP contribution >= 0.6 is 0 Å². The van der Waals surface area contributed by atoms with Crippen molar-refractivity contribution in [2.75, 3.05) is 26.1 Å². The lowest BCUT2D eigenvalue weighted by molar-refractivity contribution is -0.120. The van der Waals surface area contributed by atoms with Crippen molar-refractivity contribution in [3.8, 4) is 5.75 Å². The van der Waals surface area contributed by atoms with Gasteiger partial charge in [0.05, 0.1) is 25.8 Å². The van der Waals surface area contributed by atoms with Crippen molar-refractivity contribution in [1.82, 2.24) is 15.3 Å². The first-order valence-electron chi connectivity index (χ1n) is 7.39. The fourth-order valence-electron chi connectivity index (χ4n) is 2.09. The number of nitrogens with zero attached hydrogens (tertiary/aromatic N) is 3. The number of hydrogen-bond donors (Lipinski definition) is 1. The Balaban J connectivity index is 1.93. The Labute approximate surface area is 136 Å². The SMILES string of the molecule is COc1ccc(CC(=O)NCc2cc(C)nc(N(C)C)n2)cc1. The van der Waals surface area contributed by atoms with Gasteiger partial charge in [0, 0.05) is 19.8 Å². The van der Waals surface area contributed by atoms with E-state index in [1.165, 1.54) is 0 Å². The van der Waals surface area contributed by atoms with Crippen LogP contribution in [-0.4, -0.2) is 37.1 Å². The fraction of sp³-hybridized carbons (Fsp3) is 0.353. The molecule has 0 aliphatic heterocycles. The molecule has 2 rings (SSSR count). The zero-order valence-corrected chi connectivity index (χ0v) is 14.0. The summed E-state index contributed by atoms with van der Waals surface area (Å²) in [6.07, 6.45) is 0.328. The molecule has 1 aromatic carbocycles. The molecule has 6 heteroatoms. The first kappa shape index (κ1) is 16.7. The minimum atomic E-state index is -0.0437. The lowest BCUT2D eigenvalue weighted by Crippen LogP contribution is -2.25. The van der Waals surface area contributed by atoms with Gasteiger partial charge in [0.25, 0.3) is 0 Å². The van der Waals surface area contributed by atoms with Gasteiger partial charge in [-0.05, 0) is 30.7 Å². The van der Waals surface area contributed by atoms with Crippen molar-refractivity contribution in [2.24, 2.45) is 0 Å². The van der Waals surface area contributed by atoms with E-state index in [0.29, 0.717) is 18.9 Å².